The van der Waals surface area contributed by atoms with Crippen molar-refractivity contribution in [2.45, 2.75) is 264 Å². The Morgan fingerprint density at radius 1 is 0.484 bits per heavy atom. The van der Waals surface area contributed by atoms with E-state index in [1.807, 2.05) is 0 Å². The van der Waals surface area contributed by atoms with Crippen LogP contribution in [0.3, 0.4) is 0 Å². The van der Waals surface area contributed by atoms with Gasteiger partial charge in [-0.3, -0.25) is 9.59 Å². The van der Waals surface area contributed by atoms with Crippen molar-refractivity contribution in [2.24, 2.45) is 5.73 Å². The van der Waals surface area contributed by atoms with Crippen LogP contribution in [0.1, 0.15) is 251 Å². The Morgan fingerprint density at radius 2 is 0.887 bits per heavy atom. The zero-order chi connectivity index (χ0) is 45.2. The van der Waals surface area contributed by atoms with E-state index in [0.29, 0.717) is 32.2 Å². The summed E-state index contributed by atoms with van der Waals surface area (Å²) < 4.78 is 6.09. The van der Waals surface area contributed by atoms with E-state index >= 15 is 0 Å². The van der Waals surface area contributed by atoms with Crippen molar-refractivity contribution < 1.29 is 24.2 Å². The third-order valence-electron chi connectivity index (χ3n) is 11.6. The Bertz CT molecular complexity index is 1160. The number of aliphatic carboxylic acids is 1. The van der Waals surface area contributed by atoms with Crippen LogP contribution in [-0.2, 0) is 19.1 Å². The number of nitrogens with two attached hydrogens (primary N) is 1. The molecule has 0 bridgehead atoms. The summed E-state index contributed by atoms with van der Waals surface area (Å²) >= 11 is 0. The number of carboxylic acid groups (broad SMARTS) is 1. The van der Waals surface area contributed by atoms with E-state index in [0.717, 1.165) is 103 Å². The standard InChI is InChI=1S/C55H98N2O5/c1-3-5-7-9-11-13-15-17-18-19-20-21-22-23-24-25-26-28-30-32-34-39-43-49-54(59)62-51(45-40-36-33-31-29-27-16-14-12-10-8-6-4-2)46-41-37-35-38-42-48-53(58)57-52(55(60)61)47-44-50-56/h5,7,11,13,17-18,20-21,23-24,51-52H,3-4,6,8-10,12,14-16,19,22,25-50,56H2,1-2H3,(H,57,58)(H,60,61)/b7-5-,13-11-,18-17-,21-20-,24-23-. The molecule has 0 aliphatic rings. The number of rotatable bonds is 47. The van der Waals surface area contributed by atoms with Gasteiger partial charge < -0.3 is 20.9 Å². The van der Waals surface area contributed by atoms with Crippen molar-refractivity contribution in [1.29, 1.82) is 0 Å². The van der Waals surface area contributed by atoms with E-state index in [1.165, 1.54) is 109 Å². The first-order valence-corrected chi connectivity index (χ1v) is 26.1. The van der Waals surface area contributed by atoms with Crippen molar-refractivity contribution in [3.8, 4) is 0 Å². The van der Waals surface area contributed by atoms with Gasteiger partial charge in [0.25, 0.3) is 0 Å². The van der Waals surface area contributed by atoms with Crippen LogP contribution in [-0.4, -0.2) is 41.6 Å². The molecule has 4 N–H and O–H groups in total. The zero-order valence-electron chi connectivity index (χ0n) is 40.5. The molecule has 0 aliphatic carbocycles. The normalized spacial score (nSPS) is 13.1. The van der Waals surface area contributed by atoms with E-state index in [4.69, 9.17) is 10.5 Å². The topological polar surface area (TPSA) is 119 Å². The van der Waals surface area contributed by atoms with E-state index in [1.54, 1.807) is 0 Å². The molecule has 7 nitrogen and oxygen atoms in total. The predicted octanol–water partition coefficient (Wildman–Crippen LogP) is 15.7. The average Bonchev–Trinajstić information content (AvgIpc) is 3.26. The number of nitrogens with one attached hydrogen (secondary N) is 1. The number of esters is 1. The molecule has 0 heterocycles. The molecule has 7 heteroatoms. The lowest BCUT2D eigenvalue weighted by molar-refractivity contribution is -0.150. The number of carbonyl (C=O) groups is 3. The number of hydrogen-bond acceptors (Lipinski definition) is 5. The first-order valence-electron chi connectivity index (χ1n) is 26.1. The van der Waals surface area contributed by atoms with Gasteiger partial charge in [-0.05, 0) is 103 Å². The summed E-state index contributed by atoms with van der Waals surface area (Å²) in [4.78, 5) is 36.6. The summed E-state index contributed by atoms with van der Waals surface area (Å²) in [5.41, 5.74) is 5.50. The van der Waals surface area contributed by atoms with E-state index in [-0.39, 0.29) is 18.0 Å². The van der Waals surface area contributed by atoms with Crippen LogP contribution in [0.25, 0.3) is 0 Å². The molecular weight excluding hydrogens is 769 g/mol. The molecule has 0 saturated carbocycles. The zero-order valence-corrected chi connectivity index (χ0v) is 40.5. The van der Waals surface area contributed by atoms with Gasteiger partial charge in [-0.25, -0.2) is 4.79 Å². The summed E-state index contributed by atoms with van der Waals surface area (Å²) in [5, 5.41) is 12.0. The Hall–Kier alpha value is -2.93. The predicted molar refractivity (Wildman–Crippen MR) is 266 cm³/mol. The summed E-state index contributed by atoms with van der Waals surface area (Å²) in [5.74, 6) is -1.23. The van der Waals surface area contributed by atoms with Gasteiger partial charge in [0.2, 0.25) is 5.91 Å². The van der Waals surface area contributed by atoms with Crippen LogP contribution in [0.2, 0.25) is 0 Å². The number of amides is 1. The van der Waals surface area contributed by atoms with E-state index in [2.05, 4.69) is 79.9 Å². The van der Waals surface area contributed by atoms with Crippen LogP contribution in [0.4, 0.5) is 0 Å². The second kappa shape index (κ2) is 49.1. The second-order valence-corrected chi connectivity index (χ2v) is 17.6. The van der Waals surface area contributed by atoms with Crippen molar-refractivity contribution >= 4 is 17.8 Å². The van der Waals surface area contributed by atoms with Gasteiger partial charge in [-0.15, -0.1) is 0 Å². The van der Waals surface area contributed by atoms with Crippen LogP contribution < -0.4 is 11.1 Å². The fourth-order valence-corrected chi connectivity index (χ4v) is 7.71. The maximum Gasteiger partial charge on any atom is 0.326 e. The first kappa shape index (κ1) is 59.1. The summed E-state index contributed by atoms with van der Waals surface area (Å²) in [7, 11) is 0. The maximum absolute atomic E-state index is 12.9. The molecule has 0 spiro atoms. The second-order valence-electron chi connectivity index (χ2n) is 17.6. The average molecular weight is 867 g/mol. The van der Waals surface area contributed by atoms with Crippen LogP contribution in [0, 0.1) is 0 Å². The van der Waals surface area contributed by atoms with Crippen molar-refractivity contribution in [2.75, 3.05) is 6.54 Å². The summed E-state index contributed by atoms with van der Waals surface area (Å²) in [6.07, 6.45) is 62.8. The number of carboxylic acids is 1. The minimum atomic E-state index is -1.00. The molecular formula is C55H98N2O5. The highest BCUT2D eigenvalue weighted by molar-refractivity contribution is 5.83. The molecule has 0 aliphatic heterocycles. The van der Waals surface area contributed by atoms with E-state index in [9.17, 15) is 19.5 Å². The van der Waals surface area contributed by atoms with Gasteiger partial charge in [0, 0.05) is 12.8 Å². The number of unbranched alkanes of at least 4 members (excludes halogenated alkanes) is 23. The summed E-state index contributed by atoms with van der Waals surface area (Å²) in [6, 6.07) is -0.859. The van der Waals surface area contributed by atoms with Gasteiger partial charge in [0.05, 0.1) is 0 Å². The number of ether oxygens (including phenoxy) is 1. The van der Waals surface area contributed by atoms with Gasteiger partial charge >= 0.3 is 11.9 Å². The quantitative estimate of drug-likeness (QED) is 0.0318. The first-order chi connectivity index (χ1) is 30.4. The molecule has 1 amide bonds. The Morgan fingerprint density at radius 3 is 1.34 bits per heavy atom. The lowest BCUT2D eigenvalue weighted by atomic mass is 10.0. The molecule has 358 valence electrons. The minimum absolute atomic E-state index is 0.00502. The Labute approximate surface area is 382 Å². The highest BCUT2D eigenvalue weighted by Crippen LogP contribution is 2.19. The highest BCUT2D eigenvalue weighted by atomic mass is 16.5. The lowest BCUT2D eigenvalue weighted by Gasteiger charge is -2.18. The molecule has 0 fully saturated rings. The van der Waals surface area contributed by atoms with Crippen molar-refractivity contribution in [1.82, 2.24) is 5.32 Å². The van der Waals surface area contributed by atoms with Gasteiger partial charge in [-0.2, -0.15) is 0 Å². The molecule has 2 unspecified atom stereocenters. The van der Waals surface area contributed by atoms with Crippen LogP contribution in [0.15, 0.2) is 60.8 Å². The molecule has 0 radical (unpaired) electrons. The molecule has 0 rings (SSSR count). The minimum Gasteiger partial charge on any atom is -0.480 e. The molecule has 62 heavy (non-hydrogen) atoms. The largest absolute Gasteiger partial charge is 0.480 e. The fourth-order valence-electron chi connectivity index (χ4n) is 7.71. The van der Waals surface area contributed by atoms with Crippen molar-refractivity contribution in [3.63, 3.8) is 0 Å². The summed E-state index contributed by atoms with van der Waals surface area (Å²) in [6.45, 7) is 4.85. The number of carbonyl (C=O) groups excluding carboxylic acids is 2. The smallest absolute Gasteiger partial charge is 0.326 e. The van der Waals surface area contributed by atoms with Crippen molar-refractivity contribution in [3.05, 3.63) is 60.8 Å². The Kier molecular flexibility index (Phi) is 46.8. The SMILES string of the molecule is CC/C=C\C/C=C\C/C=C\C/C=C\C/C=C\CCCCCCCCCC(=O)OC(CCCCCCCCCCCCCCC)CCCCCCCC(=O)NC(CCCN)C(=O)O. The van der Waals surface area contributed by atoms with Crippen LogP contribution >= 0.6 is 0 Å². The van der Waals surface area contributed by atoms with Crippen LogP contribution in [0.5, 0.6) is 0 Å². The monoisotopic (exact) mass is 867 g/mol. The van der Waals surface area contributed by atoms with Gasteiger partial charge in [0.15, 0.2) is 0 Å². The molecule has 2 atom stereocenters. The highest BCUT2D eigenvalue weighted by Gasteiger charge is 2.19. The van der Waals surface area contributed by atoms with E-state index < -0.39 is 12.0 Å². The third kappa shape index (κ3) is 45.1. The third-order valence-corrected chi connectivity index (χ3v) is 11.6. The molecule has 0 saturated heterocycles. The van der Waals surface area contributed by atoms with Gasteiger partial charge in [-0.1, -0.05) is 203 Å². The maximum atomic E-state index is 12.9. The lowest BCUT2D eigenvalue weighted by Crippen LogP contribution is -2.40. The van der Waals surface area contributed by atoms with Gasteiger partial charge in [0.1, 0.15) is 12.1 Å². The Balaban J connectivity index is 4.26. The number of allylic oxidation sites excluding steroid dienone is 10. The molecule has 0 aromatic carbocycles. The number of hydrogen-bond donors (Lipinski definition) is 3. The molecule has 0 aromatic heterocycles. The fraction of sp³-hybridized carbons (Fsp3) is 0.764. The molecule has 0 aromatic rings.